The molecule has 2 aromatic heterocycles. The minimum Gasteiger partial charge on any atom is -0.461 e. The molecule has 2 aliphatic rings. The molecule has 0 bridgehead atoms. The number of aromatic nitrogens is 4. The standard InChI is InChI=1S/C25H35N8O10PS/c1-25(36)20(35)17(13-40-44(37,43-16-8-5-4-6-9-16)28-12-18(34)41-15-10-7-11-15)42-23(25)33-14-27-19-21(29-24(26)30-22(19)33)32(2)31-45(3,38)39/h4-6,8-9,14-15,17,20,23,31,35-36H,7,10-13H2,1-3H3,(H,28,37)(H2,26,29,30)/t17?,20-,23?,25-,44?/m1/s1. The van der Waals surface area contributed by atoms with Gasteiger partial charge in [-0.1, -0.05) is 18.2 Å². The van der Waals surface area contributed by atoms with E-state index in [1.165, 1.54) is 24.9 Å². The minimum absolute atomic E-state index is 0.0145. The molecule has 6 N–H and O–H groups in total. The number of hydrogen-bond acceptors (Lipinski definition) is 15. The fourth-order valence-corrected chi connectivity index (χ4v) is 6.62. The summed E-state index contributed by atoms with van der Waals surface area (Å²) < 4.78 is 61.1. The number of nitrogens with one attached hydrogen (secondary N) is 2. The topological polar surface area (TPSA) is 243 Å². The summed E-state index contributed by atoms with van der Waals surface area (Å²) in [6, 6.07) is 8.13. The fourth-order valence-electron chi connectivity index (χ4n) is 4.77. The average Bonchev–Trinajstić information content (AvgIpc) is 3.45. The Kier molecular flexibility index (Phi) is 9.35. The van der Waals surface area contributed by atoms with Crippen LogP contribution in [0.3, 0.4) is 0 Å². The lowest BCUT2D eigenvalue weighted by atomic mass is 9.96. The van der Waals surface area contributed by atoms with E-state index in [0.29, 0.717) is 0 Å². The van der Waals surface area contributed by atoms with Crippen molar-refractivity contribution >= 4 is 46.7 Å². The van der Waals surface area contributed by atoms with Crippen LogP contribution >= 0.6 is 7.75 Å². The molecule has 2 fully saturated rings. The van der Waals surface area contributed by atoms with E-state index in [2.05, 4.69) is 24.9 Å². The van der Waals surface area contributed by atoms with Crippen molar-refractivity contribution in [3.05, 3.63) is 36.7 Å². The van der Waals surface area contributed by atoms with Crippen LogP contribution in [0.5, 0.6) is 5.75 Å². The molecule has 20 heteroatoms. The lowest BCUT2D eigenvalue weighted by molar-refractivity contribution is -0.151. The predicted octanol–water partition coefficient (Wildman–Crippen LogP) is 0.207. The van der Waals surface area contributed by atoms with Crippen molar-refractivity contribution in [1.29, 1.82) is 0 Å². The highest BCUT2D eigenvalue weighted by molar-refractivity contribution is 7.88. The number of benzene rings is 1. The van der Waals surface area contributed by atoms with Gasteiger partial charge in [-0.25, -0.2) is 23.1 Å². The van der Waals surface area contributed by atoms with Crippen molar-refractivity contribution in [2.24, 2.45) is 0 Å². The van der Waals surface area contributed by atoms with E-state index in [9.17, 15) is 28.0 Å². The van der Waals surface area contributed by atoms with E-state index in [4.69, 9.17) is 24.3 Å². The van der Waals surface area contributed by atoms with Gasteiger partial charge >= 0.3 is 13.7 Å². The third-order valence-corrected chi connectivity index (χ3v) is 9.28. The van der Waals surface area contributed by atoms with Crippen LogP contribution in [0, 0.1) is 0 Å². The summed E-state index contributed by atoms with van der Waals surface area (Å²) in [4.78, 5) is 27.1. The van der Waals surface area contributed by atoms with Gasteiger partial charge < -0.3 is 29.9 Å². The van der Waals surface area contributed by atoms with Gasteiger partial charge in [-0.3, -0.25) is 18.9 Å². The summed E-state index contributed by atoms with van der Waals surface area (Å²) in [6.07, 6.45) is 0.365. The second-order valence-electron chi connectivity index (χ2n) is 10.9. The summed E-state index contributed by atoms with van der Waals surface area (Å²) in [7, 11) is -6.55. The molecule has 1 aromatic carbocycles. The molecular formula is C25H35N8O10PS. The van der Waals surface area contributed by atoms with Gasteiger partial charge in [0.15, 0.2) is 23.2 Å². The predicted molar refractivity (Wildman–Crippen MR) is 159 cm³/mol. The normalized spacial score (nSPS) is 25.0. The summed E-state index contributed by atoms with van der Waals surface area (Å²) in [5.41, 5.74) is 4.09. The smallest absolute Gasteiger partial charge is 0.459 e. The number of nitrogen functional groups attached to an aromatic ring is 1. The quantitative estimate of drug-likeness (QED) is 0.0927. The van der Waals surface area contributed by atoms with Crippen molar-refractivity contribution in [3.8, 4) is 5.75 Å². The first kappa shape index (κ1) is 33.0. The molecule has 5 atom stereocenters. The van der Waals surface area contributed by atoms with Crippen molar-refractivity contribution in [3.63, 3.8) is 0 Å². The molecular weight excluding hydrogens is 635 g/mol. The zero-order chi connectivity index (χ0) is 32.6. The second kappa shape index (κ2) is 12.8. The Bertz CT molecular complexity index is 1690. The van der Waals surface area contributed by atoms with Crippen LogP contribution in [-0.4, -0.2) is 94.5 Å². The highest BCUT2D eigenvalue weighted by Gasteiger charge is 2.54. The van der Waals surface area contributed by atoms with Crippen molar-refractivity contribution < 1.29 is 46.5 Å². The van der Waals surface area contributed by atoms with Crippen molar-refractivity contribution in [2.75, 3.05) is 37.2 Å². The number of aliphatic hydroxyl groups excluding tert-OH is 1. The molecule has 0 amide bonds. The molecule has 1 aliphatic heterocycles. The van der Waals surface area contributed by atoms with Gasteiger partial charge in [-0.15, -0.1) is 4.83 Å². The summed E-state index contributed by atoms with van der Waals surface area (Å²) in [6.45, 7) is 0.298. The largest absolute Gasteiger partial charge is 0.461 e. The number of carbonyl (C=O) groups is 1. The molecule has 3 unspecified atom stereocenters. The number of ether oxygens (including phenoxy) is 2. The fraction of sp³-hybridized carbons (Fsp3) is 0.520. The first-order valence-electron chi connectivity index (χ1n) is 13.9. The molecule has 1 aliphatic carbocycles. The lowest BCUT2D eigenvalue weighted by Crippen LogP contribution is -2.44. The number of aliphatic hydroxyl groups is 2. The van der Waals surface area contributed by atoms with Crippen molar-refractivity contribution in [2.45, 2.75) is 56.3 Å². The van der Waals surface area contributed by atoms with E-state index in [0.717, 1.165) is 30.5 Å². The first-order valence-corrected chi connectivity index (χ1v) is 17.3. The Labute approximate surface area is 258 Å². The molecule has 0 spiro atoms. The molecule has 3 heterocycles. The Morgan fingerprint density at radius 3 is 2.64 bits per heavy atom. The highest BCUT2D eigenvalue weighted by atomic mass is 32.2. The number of hydrazine groups is 1. The number of para-hydroxylation sites is 1. The Morgan fingerprint density at radius 1 is 1.29 bits per heavy atom. The summed E-state index contributed by atoms with van der Waals surface area (Å²) >= 11 is 0. The van der Waals surface area contributed by atoms with E-state index >= 15 is 0 Å². The van der Waals surface area contributed by atoms with Gasteiger partial charge in [0.25, 0.3) is 0 Å². The minimum atomic E-state index is -4.25. The number of anilines is 2. The average molecular weight is 671 g/mol. The van der Waals surface area contributed by atoms with Crippen LogP contribution in [0.15, 0.2) is 36.7 Å². The number of imidazole rings is 1. The number of hydrogen-bond donors (Lipinski definition) is 5. The summed E-state index contributed by atoms with van der Waals surface area (Å²) in [5, 5.41) is 26.0. The zero-order valence-corrected chi connectivity index (χ0v) is 26.3. The summed E-state index contributed by atoms with van der Waals surface area (Å²) in [5.74, 6) is -0.668. The van der Waals surface area contributed by atoms with Gasteiger partial charge in [0.2, 0.25) is 16.0 Å². The maximum Gasteiger partial charge on any atom is 0.459 e. The monoisotopic (exact) mass is 670 g/mol. The van der Waals surface area contributed by atoms with Crippen LogP contribution in [0.4, 0.5) is 11.8 Å². The number of fused-ring (bicyclic) bond motifs is 1. The molecule has 1 saturated heterocycles. The third-order valence-electron chi connectivity index (χ3n) is 7.19. The number of carbonyl (C=O) groups excluding carboxylic acids is 1. The van der Waals surface area contributed by atoms with Gasteiger partial charge in [0.1, 0.15) is 36.2 Å². The van der Waals surface area contributed by atoms with Crippen LogP contribution in [0.25, 0.3) is 11.2 Å². The highest BCUT2D eigenvalue weighted by Crippen LogP contribution is 2.46. The molecule has 0 radical (unpaired) electrons. The molecule has 5 rings (SSSR count). The third kappa shape index (κ3) is 7.53. The molecule has 18 nitrogen and oxygen atoms in total. The lowest BCUT2D eigenvalue weighted by Gasteiger charge is -2.27. The zero-order valence-electron chi connectivity index (χ0n) is 24.6. The van der Waals surface area contributed by atoms with Crippen LogP contribution < -0.4 is 25.2 Å². The maximum atomic E-state index is 13.7. The van der Waals surface area contributed by atoms with E-state index in [-0.39, 0.29) is 34.8 Å². The molecule has 1 saturated carbocycles. The van der Waals surface area contributed by atoms with Crippen molar-refractivity contribution in [1.82, 2.24) is 29.4 Å². The Hall–Kier alpha value is -3.42. The van der Waals surface area contributed by atoms with Gasteiger partial charge in [0.05, 0.1) is 19.2 Å². The Morgan fingerprint density at radius 2 is 2.00 bits per heavy atom. The van der Waals surface area contributed by atoms with E-state index in [1.807, 2.05) is 0 Å². The van der Waals surface area contributed by atoms with Crippen LogP contribution in [0.1, 0.15) is 32.4 Å². The van der Waals surface area contributed by atoms with Gasteiger partial charge in [-0.2, -0.15) is 9.97 Å². The number of esters is 1. The Balaban J connectivity index is 1.35. The van der Waals surface area contributed by atoms with Gasteiger partial charge in [-0.05, 0) is 38.3 Å². The molecule has 3 aromatic rings. The van der Waals surface area contributed by atoms with E-state index in [1.54, 1.807) is 30.3 Å². The number of nitrogens with zero attached hydrogens (tertiary/aromatic N) is 5. The molecule has 246 valence electrons. The van der Waals surface area contributed by atoms with Crippen LogP contribution in [-0.2, 0) is 33.4 Å². The van der Waals surface area contributed by atoms with E-state index < -0.39 is 60.9 Å². The second-order valence-corrected chi connectivity index (χ2v) is 14.4. The van der Waals surface area contributed by atoms with Gasteiger partial charge in [0, 0.05) is 7.05 Å². The number of sulfonamides is 1. The maximum absolute atomic E-state index is 13.7. The first-order chi connectivity index (χ1) is 21.1. The molecule has 45 heavy (non-hydrogen) atoms. The van der Waals surface area contributed by atoms with Crippen LogP contribution in [0.2, 0.25) is 0 Å². The number of nitrogens with two attached hydrogens (primary N) is 1. The number of rotatable bonds is 13. The SMILES string of the molecule is CN(NS(C)(=O)=O)c1nc(N)nc2c1ncn2C1OC(COP(=O)(NCC(=O)OC2CCC2)Oc2ccccc2)[C@@H](O)[C@@]1(C)O.